The van der Waals surface area contributed by atoms with Crippen molar-refractivity contribution in [3.05, 3.63) is 29.8 Å². The number of rotatable bonds is 4. The molecule has 0 aliphatic rings. The van der Waals surface area contributed by atoms with Crippen LogP contribution in [0.5, 0.6) is 5.75 Å². The topological polar surface area (TPSA) is 82.9 Å². The van der Waals surface area contributed by atoms with Crippen LogP contribution in [0.15, 0.2) is 24.3 Å². The van der Waals surface area contributed by atoms with Crippen LogP contribution in [0.2, 0.25) is 0 Å². The van der Waals surface area contributed by atoms with E-state index in [-0.39, 0.29) is 5.17 Å². The van der Waals surface area contributed by atoms with Crippen LogP contribution >= 0.6 is 11.8 Å². The lowest BCUT2D eigenvalue weighted by Crippen LogP contribution is -2.08. The van der Waals surface area contributed by atoms with Gasteiger partial charge in [-0.15, -0.1) is 0 Å². The van der Waals surface area contributed by atoms with Crippen LogP contribution in [0.25, 0.3) is 0 Å². The van der Waals surface area contributed by atoms with E-state index < -0.39 is 0 Å². The van der Waals surface area contributed by atoms with Crippen molar-refractivity contribution < 1.29 is 4.74 Å². The Morgan fingerprint density at radius 1 is 1.47 bits per heavy atom. The van der Waals surface area contributed by atoms with Gasteiger partial charge in [-0.05, 0) is 24.3 Å². The first-order valence-electron chi connectivity index (χ1n) is 4.32. The number of hydrogen-bond donors (Lipinski definition) is 2. The molecule has 5 heteroatoms. The number of hydrogen-bond acceptors (Lipinski definition) is 4. The summed E-state index contributed by atoms with van der Waals surface area (Å²) in [6.45, 7) is 0.496. The quantitative estimate of drug-likeness (QED) is 0.459. The lowest BCUT2D eigenvalue weighted by Gasteiger charge is -2.04. The van der Waals surface area contributed by atoms with Crippen molar-refractivity contribution in [3.63, 3.8) is 0 Å². The Morgan fingerprint density at radius 3 is 2.67 bits per heavy atom. The average Bonchev–Trinajstić information content (AvgIpc) is 2.25. The van der Waals surface area contributed by atoms with Crippen LogP contribution in [0.4, 0.5) is 0 Å². The van der Waals surface area contributed by atoms with Crippen molar-refractivity contribution in [1.29, 1.82) is 10.7 Å². The lowest BCUT2D eigenvalue weighted by atomic mass is 10.2. The SMILES string of the molecule is N#Cc1ccc(OCCSC(=N)N)cc1. The number of amidine groups is 1. The van der Waals surface area contributed by atoms with E-state index in [1.54, 1.807) is 24.3 Å². The molecule has 15 heavy (non-hydrogen) atoms. The van der Waals surface area contributed by atoms with Gasteiger partial charge in [0.05, 0.1) is 18.2 Å². The van der Waals surface area contributed by atoms with E-state index in [2.05, 4.69) is 0 Å². The maximum atomic E-state index is 8.57. The Kier molecular flexibility index (Phi) is 4.51. The van der Waals surface area contributed by atoms with Gasteiger partial charge in [0, 0.05) is 5.75 Å². The molecule has 0 radical (unpaired) electrons. The highest BCUT2D eigenvalue weighted by Gasteiger charge is 1.95. The highest BCUT2D eigenvalue weighted by atomic mass is 32.2. The largest absolute Gasteiger partial charge is 0.493 e. The zero-order chi connectivity index (χ0) is 11.1. The van der Waals surface area contributed by atoms with Gasteiger partial charge in [0.1, 0.15) is 5.75 Å². The highest BCUT2D eigenvalue weighted by Crippen LogP contribution is 2.11. The molecule has 78 valence electrons. The summed E-state index contributed by atoms with van der Waals surface area (Å²) in [5.41, 5.74) is 5.78. The van der Waals surface area contributed by atoms with Gasteiger partial charge in [0.25, 0.3) is 0 Å². The Hall–Kier alpha value is -1.67. The van der Waals surface area contributed by atoms with Crippen LogP contribution in [-0.2, 0) is 0 Å². The van der Waals surface area contributed by atoms with Gasteiger partial charge in [0.2, 0.25) is 0 Å². The van der Waals surface area contributed by atoms with Crippen LogP contribution in [-0.4, -0.2) is 17.5 Å². The smallest absolute Gasteiger partial charge is 0.151 e. The number of benzene rings is 1. The maximum Gasteiger partial charge on any atom is 0.151 e. The molecule has 1 rings (SSSR count). The number of nitrogens with one attached hydrogen (secondary N) is 1. The first-order valence-corrected chi connectivity index (χ1v) is 5.30. The number of nitrogens with zero attached hydrogens (tertiary/aromatic N) is 1. The molecular formula is C10H11N3OS. The Labute approximate surface area is 92.5 Å². The number of thioether (sulfide) groups is 1. The number of nitrogens with two attached hydrogens (primary N) is 1. The number of ether oxygens (including phenoxy) is 1. The third kappa shape index (κ3) is 4.38. The summed E-state index contributed by atoms with van der Waals surface area (Å²) >= 11 is 1.24. The molecule has 1 aromatic carbocycles. The van der Waals surface area contributed by atoms with E-state index in [1.807, 2.05) is 6.07 Å². The Bertz CT molecular complexity index is 369. The van der Waals surface area contributed by atoms with Crippen molar-refractivity contribution in [2.75, 3.05) is 12.4 Å². The van der Waals surface area contributed by atoms with Gasteiger partial charge in [0.15, 0.2) is 5.17 Å². The molecular weight excluding hydrogens is 210 g/mol. The third-order valence-corrected chi connectivity index (χ3v) is 2.27. The first-order chi connectivity index (χ1) is 7.22. The summed E-state index contributed by atoms with van der Waals surface area (Å²) < 4.78 is 5.37. The van der Waals surface area contributed by atoms with Crippen LogP contribution in [0, 0.1) is 16.7 Å². The average molecular weight is 221 g/mol. The van der Waals surface area contributed by atoms with Crippen LogP contribution < -0.4 is 10.5 Å². The molecule has 0 atom stereocenters. The van der Waals surface area contributed by atoms with E-state index >= 15 is 0 Å². The van der Waals surface area contributed by atoms with Gasteiger partial charge < -0.3 is 10.5 Å². The van der Waals surface area contributed by atoms with Gasteiger partial charge in [-0.25, -0.2) is 0 Å². The minimum Gasteiger partial charge on any atom is -0.493 e. The zero-order valence-corrected chi connectivity index (χ0v) is 8.88. The van der Waals surface area contributed by atoms with Crippen LogP contribution in [0.1, 0.15) is 5.56 Å². The minimum absolute atomic E-state index is 0.0958. The summed E-state index contributed by atoms with van der Waals surface area (Å²) in [5.74, 6) is 1.37. The molecule has 0 saturated heterocycles. The second kappa shape index (κ2) is 5.94. The molecule has 0 amide bonds. The molecule has 1 aromatic rings. The van der Waals surface area contributed by atoms with Gasteiger partial charge in [-0.2, -0.15) is 5.26 Å². The van der Waals surface area contributed by atoms with Gasteiger partial charge >= 0.3 is 0 Å². The molecule has 0 saturated carbocycles. The highest BCUT2D eigenvalue weighted by molar-refractivity contribution is 8.13. The molecule has 0 unspecified atom stereocenters. The Morgan fingerprint density at radius 2 is 2.13 bits per heavy atom. The fourth-order valence-electron chi connectivity index (χ4n) is 0.937. The molecule has 0 heterocycles. The van der Waals surface area contributed by atoms with Crippen molar-refractivity contribution in [1.82, 2.24) is 0 Å². The zero-order valence-electron chi connectivity index (χ0n) is 8.06. The normalized spacial score (nSPS) is 9.27. The van der Waals surface area contributed by atoms with E-state index in [0.29, 0.717) is 17.9 Å². The maximum absolute atomic E-state index is 8.57. The van der Waals surface area contributed by atoms with E-state index in [9.17, 15) is 0 Å². The third-order valence-electron chi connectivity index (χ3n) is 1.59. The molecule has 0 fully saturated rings. The second-order valence-corrected chi connectivity index (χ2v) is 3.83. The molecule has 4 nitrogen and oxygen atoms in total. The van der Waals surface area contributed by atoms with E-state index in [4.69, 9.17) is 21.1 Å². The predicted octanol–water partition coefficient (Wildman–Crippen LogP) is 1.56. The molecule has 0 aliphatic carbocycles. The summed E-state index contributed by atoms with van der Waals surface area (Å²) in [7, 11) is 0. The van der Waals surface area contributed by atoms with Crippen molar-refractivity contribution in [2.24, 2.45) is 5.73 Å². The monoisotopic (exact) mass is 221 g/mol. The molecule has 0 aliphatic heterocycles. The molecule has 0 spiro atoms. The minimum atomic E-state index is 0.0958. The van der Waals surface area contributed by atoms with Gasteiger partial charge in [-0.1, -0.05) is 11.8 Å². The second-order valence-electron chi connectivity index (χ2n) is 2.70. The van der Waals surface area contributed by atoms with E-state index in [1.165, 1.54) is 11.8 Å². The summed E-state index contributed by atoms with van der Waals surface area (Å²) in [6, 6.07) is 8.93. The van der Waals surface area contributed by atoms with E-state index in [0.717, 1.165) is 5.75 Å². The molecule has 3 N–H and O–H groups in total. The van der Waals surface area contributed by atoms with Crippen molar-refractivity contribution >= 4 is 16.9 Å². The Balaban J connectivity index is 2.32. The van der Waals surface area contributed by atoms with Gasteiger partial charge in [-0.3, -0.25) is 5.41 Å². The van der Waals surface area contributed by atoms with Crippen LogP contribution in [0.3, 0.4) is 0 Å². The first kappa shape index (κ1) is 11.4. The molecule has 0 bridgehead atoms. The lowest BCUT2D eigenvalue weighted by molar-refractivity contribution is 0.344. The standard InChI is InChI=1S/C10H11N3OS/c11-7-8-1-3-9(4-2-8)14-5-6-15-10(12)13/h1-4H,5-6H2,(H3,12,13). The summed E-state index contributed by atoms with van der Waals surface area (Å²) in [4.78, 5) is 0. The number of nitriles is 1. The van der Waals surface area contributed by atoms with Crippen molar-refractivity contribution in [2.45, 2.75) is 0 Å². The summed E-state index contributed by atoms with van der Waals surface area (Å²) in [6.07, 6.45) is 0. The predicted molar refractivity (Wildman–Crippen MR) is 61.0 cm³/mol. The van der Waals surface area contributed by atoms with Crippen molar-refractivity contribution in [3.8, 4) is 11.8 Å². The summed E-state index contributed by atoms with van der Waals surface area (Å²) in [5, 5.41) is 15.6. The molecule has 0 aromatic heterocycles. The fraction of sp³-hybridized carbons (Fsp3) is 0.200. The fourth-order valence-corrected chi connectivity index (χ4v) is 1.32.